The van der Waals surface area contributed by atoms with Crippen LogP contribution >= 0.6 is 0 Å². The maximum atomic E-state index is 13.6. The van der Waals surface area contributed by atoms with E-state index < -0.39 is 11.7 Å². The monoisotopic (exact) mass is 499 g/mol. The van der Waals surface area contributed by atoms with Gasteiger partial charge in [-0.05, 0) is 81.9 Å². The summed E-state index contributed by atoms with van der Waals surface area (Å²) in [6, 6.07) is 11.5. The summed E-state index contributed by atoms with van der Waals surface area (Å²) in [6.07, 6.45) is 2.10. The van der Waals surface area contributed by atoms with Crippen molar-refractivity contribution < 1.29 is 18.7 Å². The number of benzene rings is 2. The van der Waals surface area contributed by atoms with Crippen molar-refractivity contribution in [3.05, 3.63) is 59.4 Å². The van der Waals surface area contributed by atoms with E-state index in [4.69, 9.17) is 4.74 Å². The molecule has 8 nitrogen and oxygen atoms in total. The molecule has 0 unspecified atom stereocenters. The number of rotatable bonds is 10. The van der Waals surface area contributed by atoms with E-state index in [0.717, 1.165) is 37.2 Å². The fourth-order valence-corrected chi connectivity index (χ4v) is 4.47. The third-order valence-corrected chi connectivity index (χ3v) is 6.58. The molecule has 3 amide bonds. The largest absolute Gasteiger partial charge is 0.383 e. The first-order chi connectivity index (χ1) is 17.3. The van der Waals surface area contributed by atoms with Crippen LogP contribution in [0.4, 0.5) is 20.6 Å². The van der Waals surface area contributed by atoms with Gasteiger partial charge in [-0.15, -0.1) is 0 Å². The second kappa shape index (κ2) is 13.2. The van der Waals surface area contributed by atoms with Gasteiger partial charge in [0.25, 0.3) is 5.91 Å². The number of carbonyl (C=O) groups is 2. The van der Waals surface area contributed by atoms with Gasteiger partial charge in [0.15, 0.2) is 0 Å². The molecule has 2 N–H and O–H groups in total. The molecule has 0 atom stereocenters. The highest BCUT2D eigenvalue weighted by atomic mass is 19.1. The van der Waals surface area contributed by atoms with Gasteiger partial charge in [-0.2, -0.15) is 0 Å². The van der Waals surface area contributed by atoms with Gasteiger partial charge in [0.05, 0.1) is 6.61 Å². The topological polar surface area (TPSA) is 77.2 Å². The number of likely N-dealkylation sites (tertiary alicyclic amines) is 1. The molecule has 9 heteroatoms. The molecule has 0 spiro atoms. The molecule has 196 valence electrons. The minimum absolute atomic E-state index is 0.170. The number of nitrogens with one attached hydrogen (secondary N) is 2. The standard InChI is InChI=1S/C27H38FN5O3/c1-5-29-27(35)33(15-16-36-4)19-21-18-23(30-26(34)20-7-6-8-22(28)17-20)9-10-25(21)32(3)24-11-13-31(2)14-12-24/h6-10,17-18,24H,5,11-16,19H2,1-4H3,(H,29,35)(H,30,34). The van der Waals surface area contributed by atoms with Gasteiger partial charge in [-0.3, -0.25) is 4.79 Å². The van der Waals surface area contributed by atoms with Crippen LogP contribution in [0.1, 0.15) is 35.7 Å². The van der Waals surface area contributed by atoms with Crippen molar-refractivity contribution >= 4 is 23.3 Å². The minimum atomic E-state index is -0.464. The Balaban J connectivity index is 1.90. The van der Waals surface area contributed by atoms with Crippen molar-refractivity contribution in [3.8, 4) is 0 Å². The lowest BCUT2D eigenvalue weighted by Gasteiger charge is -2.38. The molecule has 0 aliphatic carbocycles. The van der Waals surface area contributed by atoms with Gasteiger partial charge in [0.2, 0.25) is 0 Å². The van der Waals surface area contributed by atoms with Gasteiger partial charge < -0.3 is 30.1 Å². The number of piperidine rings is 1. The molecule has 0 bridgehead atoms. The van der Waals surface area contributed by atoms with Crippen LogP contribution in [0.3, 0.4) is 0 Å². The quantitative estimate of drug-likeness (QED) is 0.520. The summed E-state index contributed by atoms with van der Waals surface area (Å²) in [5.74, 6) is -0.856. The molecular weight excluding hydrogens is 461 g/mol. The van der Waals surface area contributed by atoms with Gasteiger partial charge in [-0.1, -0.05) is 6.07 Å². The predicted octanol–water partition coefficient (Wildman–Crippen LogP) is 3.79. The summed E-state index contributed by atoms with van der Waals surface area (Å²) < 4.78 is 18.8. The van der Waals surface area contributed by atoms with Gasteiger partial charge >= 0.3 is 6.03 Å². The molecule has 3 rings (SSSR count). The first-order valence-electron chi connectivity index (χ1n) is 12.4. The second-order valence-electron chi connectivity index (χ2n) is 9.20. The smallest absolute Gasteiger partial charge is 0.317 e. The number of anilines is 2. The summed E-state index contributed by atoms with van der Waals surface area (Å²) in [4.78, 5) is 31.9. The Labute approximate surface area is 213 Å². The van der Waals surface area contributed by atoms with Gasteiger partial charge in [0, 0.05) is 56.8 Å². The third kappa shape index (κ3) is 7.41. The van der Waals surface area contributed by atoms with E-state index in [2.05, 4.69) is 34.5 Å². The fourth-order valence-electron chi connectivity index (χ4n) is 4.47. The molecule has 36 heavy (non-hydrogen) atoms. The van der Waals surface area contributed by atoms with E-state index in [1.807, 2.05) is 25.1 Å². The molecule has 1 aliphatic heterocycles. The minimum Gasteiger partial charge on any atom is -0.383 e. The van der Waals surface area contributed by atoms with Crippen LogP contribution < -0.4 is 15.5 Å². The number of halogens is 1. The zero-order chi connectivity index (χ0) is 26.1. The van der Waals surface area contributed by atoms with Gasteiger partial charge in [-0.25, -0.2) is 9.18 Å². The highest BCUT2D eigenvalue weighted by Gasteiger charge is 2.24. The van der Waals surface area contributed by atoms with E-state index in [0.29, 0.717) is 38.0 Å². The summed E-state index contributed by atoms with van der Waals surface area (Å²) >= 11 is 0. The van der Waals surface area contributed by atoms with Crippen molar-refractivity contribution in [3.63, 3.8) is 0 Å². The van der Waals surface area contributed by atoms with Crippen molar-refractivity contribution in [2.24, 2.45) is 0 Å². The first-order valence-corrected chi connectivity index (χ1v) is 12.4. The summed E-state index contributed by atoms with van der Waals surface area (Å²) in [5, 5.41) is 5.75. The Bertz CT molecular complexity index is 1030. The van der Waals surface area contributed by atoms with Crippen molar-refractivity contribution in [2.75, 3.05) is 64.2 Å². The highest BCUT2D eigenvalue weighted by molar-refractivity contribution is 6.04. The molecule has 2 aromatic rings. The van der Waals surface area contributed by atoms with Crippen molar-refractivity contribution in [2.45, 2.75) is 32.4 Å². The zero-order valence-corrected chi connectivity index (χ0v) is 21.7. The lowest BCUT2D eigenvalue weighted by molar-refractivity contribution is 0.102. The number of nitrogens with zero attached hydrogens (tertiary/aromatic N) is 3. The Morgan fingerprint density at radius 1 is 1.17 bits per heavy atom. The Hall–Kier alpha value is -3.17. The fraction of sp³-hybridized carbons (Fsp3) is 0.481. The molecule has 1 heterocycles. The van der Waals surface area contributed by atoms with Crippen LogP contribution in [-0.4, -0.2) is 81.8 Å². The number of urea groups is 1. The Morgan fingerprint density at radius 3 is 2.58 bits per heavy atom. The third-order valence-electron chi connectivity index (χ3n) is 6.58. The molecule has 0 aromatic heterocycles. The van der Waals surface area contributed by atoms with E-state index >= 15 is 0 Å². The zero-order valence-electron chi connectivity index (χ0n) is 21.7. The summed E-state index contributed by atoms with van der Waals surface area (Å²) in [6.45, 7) is 5.66. The molecule has 1 aliphatic rings. The summed E-state index contributed by atoms with van der Waals surface area (Å²) in [7, 11) is 5.83. The predicted molar refractivity (Wildman–Crippen MR) is 141 cm³/mol. The average molecular weight is 500 g/mol. The van der Waals surface area contributed by atoms with Crippen LogP contribution in [-0.2, 0) is 11.3 Å². The van der Waals surface area contributed by atoms with Crippen molar-refractivity contribution in [1.82, 2.24) is 15.1 Å². The normalized spacial score (nSPS) is 14.4. The lowest BCUT2D eigenvalue weighted by Crippen LogP contribution is -2.43. The van der Waals surface area contributed by atoms with Crippen LogP contribution in [0.2, 0.25) is 0 Å². The average Bonchev–Trinajstić information content (AvgIpc) is 2.87. The molecule has 0 saturated carbocycles. The molecular formula is C27H38FN5O3. The Kier molecular flexibility index (Phi) is 10.1. The summed E-state index contributed by atoms with van der Waals surface area (Å²) in [5.41, 5.74) is 2.76. The number of methoxy groups -OCH3 is 1. The van der Waals surface area contributed by atoms with E-state index in [1.54, 1.807) is 18.1 Å². The number of hydrogen-bond donors (Lipinski definition) is 2. The number of hydrogen-bond acceptors (Lipinski definition) is 5. The highest BCUT2D eigenvalue weighted by Crippen LogP contribution is 2.29. The van der Waals surface area contributed by atoms with E-state index in [1.165, 1.54) is 18.2 Å². The van der Waals surface area contributed by atoms with Crippen LogP contribution in [0, 0.1) is 5.82 Å². The second-order valence-corrected chi connectivity index (χ2v) is 9.20. The van der Waals surface area contributed by atoms with E-state index in [9.17, 15) is 14.0 Å². The lowest BCUT2D eigenvalue weighted by atomic mass is 10.0. The first kappa shape index (κ1) is 27.4. The van der Waals surface area contributed by atoms with Crippen molar-refractivity contribution in [1.29, 1.82) is 0 Å². The Morgan fingerprint density at radius 2 is 1.92 bits per heavy atom. The molecule has 2 aromatic carbocycles. The van der Waals surface area contributed by atoms with Crippen LogP contribution in [0.15, 0.2) is 42.5 Å². The number of carbonyl (C=O) groups excluding carboxylic acids is 2. The number of ether oxygens (including phenoxy) is 1. The van der Waals surface area contributed by atoms with Crippen LogP contribution in [0.5, 0.6) is 0 Å². The molecule has 0 radical (unpaired) electrons. The number of amides is 3. The van der Waals surface area contributed by atoms with Crippen LogP contribution in [0.25, 0.3) is 0 Å². The maximum absolute atomic E-state index is 13.6. The maximum Gasteiger partial charge on any atom is 0.317 e. The SMILES string of the molecule is CCNC(=O)N(CCOC)Cc1cc(NC(=O)c2cccc(F)c2)ccc1N(C)C1CCN(C)CC1. The van der Waals surface area contributed by atoms with E-state index in [-0.39, 0.29) is 11.6 Å². The van der Waals surface area contributed by atoms with Gasteiger partial charge in [0.1, 0.15) is 5.82 Å². The molecule has 1 saturated heterocycles. The molecule has 1 fully saturated rings.